The third-order valence-corrected chi connectivity index (χ3v) is 4.11. The van der Waals surface area contributed by atoms with Gasteiger partial charge in [-0.3, -0.25) is 9.59 Å². The van der Waals surface area contributed by atoms with Crippen molar-refractivity contribution < 1.29 is 24.2 Å². The first-order valence-electron chi connectivity index (χ1n) is 9.45. The number of carbonyl (C=O) groups is 2. The number of esters is 2. The molecule has 0 saturated carbocycles. The Hall–Kier alpha value is -1.10. The van der Waals surface area contributed by atoms with Crippen molar-refractivity contribution in [3.05, 3.63) is 0 Å². The van der Waals surface area contributed by atoms with Gasteiger partial charge in [0.15, 0.2) is 0 Å². The van der Waals surface area contributed by atoms with E-state index in [0.29, 0.717) is 13.2 Å². The van der Waals surface area contributed by atoms with Crippen LogP contribution >= 0.6 is 0 Å². The summed E-state index contributed by atoms with van der Waals surface area (Å²) in [4.78, 5) is 24.4. The van der Waals surface area contributed by atoms with Crippen LogP contribution in [0.1, 0.15) is 79.1 Å². The number of unbranched alkanes of at least 4 members (excludes halogenated alkanes) is 5. The van der Waals surface area contributed by atoms with E-state index in [0.717, 1.165) is 44.9 Å². The fraction of sp³-hybridized carbons (Fsp3) is 0.895. The summed E-state index contributed by atoms with van der Waals surface area (Å²) in [6.45, 7) is 8.24. The fourth-order valence-corrected chi connectivity index (χ4v) is 2.50. The molecule has 0 fully saturated rings. The van der Waals surface area contributed by atoms with E-state index in [2.05, 4.69) is 13.8 Å². The molecule has 0 aromatic heterocycles. The van der Waals surface area contributed by atoms with Crippen molar-refractivity contribution in [1.82, 2.24) is 0 Å². The second-order valence-electron chi connectivity index (χ2n) is 6.58. The van der Waals surface area contributed by atoms with Crippen molar-refractivity contribution in [3.8, 4) is 0 Å². The molecule has 0 heterocycles. The normalized spacial score (nSPS) is 14.7. The molecule has 0 bridgehead atoms. The van der Waals surface area contributed by atoms with Crippen molar-refractivity contribution in [1.29, 1.82) is 0 Å². The second kappa shape index (κ2) is 14.3. The van der Waals surface area contributed by atoms with Gasteiger partial charge in [0, 0.05) is 0 Å². The summed E-state index contributed by atoms with van der Waals surface area (Å²) in [5, 5.41) is 9.63. The van der Waals surface area contributed by atoms with Crippen molar-refractivity contribution in [3.63, 3.8) is 0 Å². The predicted octanol–water partition coefficient (Wildman–Crippen LogP) is 3.87. The summed E-state index contributed by atoms with van der Waals surface area (Å²) < 4.78 is 10.6. The Morgan fingerprint density at radius 1 is 0.833 bits per heavy atom. The summed E-state index contributed by atoms with van der Waals surface area (Å²) in [7, 11) is 0. The molecule has 0 aliphatic heterocycles. The Morgan fingerprint density at radius 2 is 1.33 bits per heavy atom. The van der Waals surface area contributed by atoms with Gasteiger partial charge in [-0.2, -0.15) is 0 Å². The Balaban J connectivity index is 4.44. The zero-order valence-corrected chi connectivity index (χ0v) is 15.9. The summed E-state index contributed by atoms with van der Waals surface area (Å²) in [6.07, 6.45) is 6.54. The molecule has 3 unspecified atom stereocenters. The van der Waals surface area contributed by atoms with Gasteiger partial charge in [-0.1, -0.05) is 52.9 Å². The number of hydrogen-bond acceptors (Lipinski definition) is 5. The molecule has 0 saturated heterocycles. The minimum absolute atomic E-state index is 0.207. The highest BCUT2D eigenvalue weighted by Crippen LogP contribution is 2.21. The molecule has 0 radical (unpaired) electrons. The number of aliphatic hydroxyl groups excluding tert-OH is 1. The van der Waals surface area contributed by atoms with E-state index in [-0.39, 0.29) is 12.4 Å². The molecule has 0 aliphatic rings. The summed E-state index contributed by atoms with van der Waals surface area (Å²) in [6, 6.07) is 0. The predicted molar refractivity (Wildman–Crippen MR) is 94.5 cm³/mol. The SMILES string of the molecule is CCCCCCOC(=O)C(CC(C)O)C(C)C(=O)OCCCCC. The maximum Gasteiger partial charge on any atom is 0.309 e. The first-order chi connectivity index (χ1) is 11.4. The molecule has 0 aromatic carbocycles. The number of aliphatic hydroxyl groups is 1. The topological polar surface area (TPSA) is 72.8 Å². The maximum absolute atomic E-state index is 12.3. The lowest BCUT2D eigenvalue weighted by Gasteiger charge is -2.22. The van der Waals surface area contributed by atoms with Gasteiger partial charge in [-0.05, 0) is 26.2 Å². The lowest BCUT2D eigenvalue weighted by molar-refractivity contribution is -0.161. The van der Waals surface area contributed by atoms with Crippen molar-refractivity contribution >= 4 is 11.9 Å². The van der Waals surface area contributed by atoms with Gasteiger partial charge in [0.1, 0.15) is 0 Å². The molecule has 0 spiro atoms. The van der Waals surface area contributed by atoms with Crippen molar-refractivity contribution in [2.75, 3.05) is 13.2 Å². The molecule has 0 aromatic rings. The van der Waals surface area contributed by atoms with E-state index >= 15 is 0 Å². The van der Waals surface area contributed by atoms with E-state index in [1.54, 1.807) is 13.8 Å². The molecular weight excluding hydrogens is 308 g/mol. The van der Waals surface area contributed by atoms with Crippen LogP contribution in [0.3, 0.4) is 0 Å². The van der Waals surface area contributed by atoms with Gasteiger partial charge in [0.2, 0.25) is 0 Å². The van der Waals surface area contributed by atoms with Crippen LogP contribution in [0.15, 0.2) is 0 Å². The zero-order valence-electron chi connectivity index (χ0n) is 15.9. The third-order valence-electron chi connectivity index (χ3n) is 4.11. The largest absolute Gasteiger partial charge is 0.465 e. The molecule has 5 heteroatoms. The van der Waals surface area contributed by atoms with Gasteiger partial charge < -0.3 is 14.6 Å². The molecule has 142 valence electrons. The van der Waals surface area contributed by atoms with Gasteiger partial charge in [-0.15, -0.1) is 0 Å². The van der Waals surface area contributed by atoms with Crippen LogP contribution in [0.4, 0.5) is 0 Å². The van der Waals surface area contributed by atoms with Crippen LogP contribution in [0.5, 0.6) is 0 Å². The molecule has 0 rings (SSSR count). The maximum atomic E-state index is 12.3. The minimum Gasteiger partial charge on any atom is -0.465 e. The number of hydrogen-bond donors (Lipinski definition) is 1. The highest BCUT2D eigenvalue weighted by Gasteiger charge is 2.33. The molecule has 3 atom stereocenters. The molecule has 0 amide bonds. The first kappa shape index (κ1) is 22.9. The van der Waals surface area contributed by atoms with E-state index < -0.39 is 23.9 Å². The molecule has 24 heavy (non-hydrogen) atoms. The second-order valence-corrected chi connectivity index (χ2v) is 6.58. The van der Waals surface area contributed by atoms with Crippen LogP contribution in [-0.4, -0.2) is 36.4 Å². The smallest absolute Gasteiger partial charge is 0.309 e. The van der Waals surface area contributed by atoms with E-state index in [4.69, 9.17) is 9.47 Å². The Kier molecular flexibility index (Phi) is 13.6. The average Bonchev–Trinajstić information content (AvgIpc) is 2.55. The highest BCUT2D eigenvalue weighted by atomic mass is 16.5. The summed E-state index contributed by atoms with van der Waals surface area (Å²) >= 11 is 0. The lowest BCUT2D eigenvalue weighted by atomic mass is 9.89. The van der Waals surface area contributed by atoms with Crippen LogP contribution in [0.2, 0.25) is 0 Å². The van der Waals surface area contributed by atoms with Crippen LogP contribution in [0.25, 0.3) is 0 Å². The Bertz CT molecular complexity index is 341. The van der Waals surface area contributed by atoms with Crippen molar-refractivity contribution in [2.45, 2.75) is 85.2 Å². The van der Waals surface area contributed by atoms with Gasteiger partial charge in [0.25, 0.3) is 0 Å². The number of carbonyl (C=O) groups excluding carboxylic acids is 2. The lowest BCUT2D eigenvalue weighted by Crippen LogP contribution is -2.33. The zero-order chi connectivity index (χ0) is 18.4. The van der Waals surface area contributed by atoms with E-state index in [1.165, 1.54) is 0 Å². The summed E-state index contributed by atoms with van der Waals surface area (Å²) in [5.74, 6) is -2.07. The third kappa shape index (κ3) is 10.6. The van der Waals surface area contributed by atoms with E-state index in [9.17, 15) is 14.7 Å². The average molecular weight is 344 g/mol. The number of rotatable bonds is 14. The molecule has 5 nitrogen and oxygen atoms in total. The highest BCUT2D eigenvalue weighted by molar-refractivity contribution is 5.81. The standard InChI is InChI=1S/C19H36O5/c1-5-7-9-11-13-24-19(22)17(14-15(3)20)16(4)18(21)23-12-10-8-6-2/h15-17,20H,5-14H2,1-4H3. The molecular formula is C19H36O5. The van der Waals surface area contributed by atoms with Crippen molar-refractivity contribution in [2.24, 2.45) is 11.8 Å². The van der Waals surface area contributed by atoms with Crippen LogP contribution < -0.4 is 0 Å². The minimum atomic E-state index is -0.669. The van der Waals surface area contributed by atoms with Gasteiger partial charge >= 0.3 is 11.9 Å². The van der Waals surface area contributed by atoms with E-state index in [1.807, 2.05) is 0 Å². The quantitative estimate of drug-likeness (QED) is 0.382. The van der Waals surface area contributed by atoms with Gasteiger partial charge in [-0.25, -0.2) is 0 Å². The Morgan fingerprint density at radius 3 is 1.88 bits per heavy atom. The Labute approximate surface area is 147 Å². The summed E-state index contributed by atoms with van der Waals surface area (Å²) in [5.41, 5.74) is 0. The van der Waals surface area contributed by atoms with Gasteiger partial charge in [0.05, 0.1) is 31.2 Å². The molecule has 0 aliphatic carbocycles. The first-order valence-corrected chi connectivity index (χ1v) is 9.45. The number of ether oxygens (including phenoxy) is 2. The monoisotopic (exact) mass is 344 g/mol. The fourth-order valence-electron chi connectivity index (χ4n) is 2.50. The molecule has 1 N–H and O–H groups in total. The van der Waals surface area contributed by atoms with Crippen LogP contribution in [0, 0.1) is 11.8 Å². The van der Waals surface area contributed by atoms with Crippen LogP contribution in [-0.2, 0) is 19.1 Å².